The molecule has 0 saturated heterocycles. The van der Waals surface area contributed by atoms with Gasteiger partial charge in [-0.1, -0.05) is 11.6 Å². The van der Waals surface area contributed by atoms with Crippen molar-refractivity contribution in [1.29, 1.82) is 0 Å². The summed E-state index contributed by atoms with van der Waals surface area (Å²) in [5.41, 5.74) is 1.70. The third kappa shape index (κ3) is 3.81. The van der Waals surface area contributed by atoms with E-state index >= 15 is 0 Å². The van der Waals surface area contributed by atoms with Gasteiger partial charge in [-0.05, 0) is 67.1 Å². The van der Waals surface area contributed by atoms with Crippen LogP contribution in [0.1, 0.15) is 15.9 Å². The van der Waals surface area contributed by atoms with Crippen molar-refractivity contribution in [3.63, 3.8) is 0 Å². The van der Waals surface area contributed by atoms with Crippen molar-refractivity contribution < 1.29 is 4.79 Å². The lowest BCUT2D eigenvalue weighted by molar-refractivity contribution is 0.0785. The average Bonchev–Trinajstić information content (AvgIpc) is 2.77. The standard InChI is InChI=1S/C13H10Br2ClNOS/c1-17(6-8-4-12(15)19-7-8)13(18)9-2-3-10(14)11(16)5-9/h2-5,7H,6H2,1H3. The first-order chi connectivity index (χ1) is 8.97. The van der Waals surface area contributed by atoms with Crippen LogP contribution in [0.3, 0.4) is 0 Å². The predicted molar refractivity (Wildman–Crippen MR) is 87.0 cm³/mol. The van der Waals surface area contributed by atoms with Gasteiger partial charge in [0.15, 0.2) is 0 Å². The van der Waals surface area contributed by atoms with Crippen LogP contribution in [0.2, 0.25) is 5.02 Å². The minimum Gasteiger partial charge on any atom is -0.337 e. The Hall–Kier alpha value is -0.360. The Bertz CT molecular complexity index is 614. The lowest BCUT2D eigenvalue weighted by Crippen LogP contribution is -2.25. The van der Waals surface area contributed by atoms with Crippen LogP contribution in [0, 0.1) is 0 Å². The smallest absolute Gasteiger partial charge is 0.253 e. The summed E-state index contributed by atoms with van der Waals surface area (Å²) in [6, 6.07) is 7.24. The highest BCUT2D eigenvalue weighted by Gasteiger charge is 2.13. The maximum Gasteiger partial charge on any atom is 0.253 e. The molecule has 19 heavy (non-hydrogen) atoms. The molecule has 0 unspecified atom stereocenters. The zero-order chi connectivity index (χ0) is 14.0. The Kier molecular flexibility index (Phi) is 5.06. The lowest BCUT2D eigenvalue weighted by atomic mass is 10.2. The third-order valence-electron chi connectivity index (χ3n) is 2.55. The van der Waals surface area contributed by atoms with Crippen LogP contribution in [0.4, 0.5) is 0 Å². The Morgan fingerprint density at radius 1 is 1.37 bits per heavy atom. The molecule has 100 valence electrons. The molecule has 2 nitrogen and oxygen atoms in total. The van der Waals surface area contributed by atoms with Crippen molar-refractivity contribution in [2.45, 2.75) is 6.54 Å². The third-order valence-corrected chi connectivity index (χ3v) is 5.34. The summed E-state index contributed by atoms with van der Waals surface area (Å²) in [5.74, 6) is -0.0447. The van der Waals surface area contributed by atoms with E-state index in [0.29, 0.717) is 17.1 Å². The van der Waals surface area contributed by atoms with E-state index in [1.165, 1.54) is 0 Å². The summed E-state index contributed by atoms with van der Waals surface area (Å²) in [6.07, 6.45) is 0. The van der Waals surface area contributed by atoms with Gasteiger partial charge in [0.1, 0.15) is 0 Å². The number of nitrogens with zero attached hydrogens (tertiary/aromatic N) is 1. The number of halogens is 3. The molecule has 0 fully saturated rings. The molecule has 0 radical (unpaired) electrons. The lowest BCUT2D eigenvalue weighted by Gasteiger charge is -2.16. The van der Waals surface area contributed by atoms with Crippen LogP contribution >= 0.6 is 54.8 Å². The van der Waals surface area contributed by atoms with Crippen molar-refractivity contribution in [2.75, 3.05) is 7.05 Å². The summed E-state index contributed by atoms with van der Waals surface area (Å²) in [6.45, 7) is 0.578. The van der Waals surface area contributed by atoms with Crippen LogP contribution in [-0.2, 0) is 6.54 Å². The largest absolute Gasteiger partial charge is 0.337 e. The van der Waals surface area contributed by atoms with Crippen LogP contribution in [-0.4, -0.2) is 17.9 Å². The minimum absolute atomic E-state index is 0.0447. The second-order valence-electron chi connectivity index (χ2n) is 4.05. The molecule has 2 rings (SSSR count). The zero-order valence-corrected chi connectivity index (χ0v) is 14.7. The highest BCUT2D eigenvalue weighted by atomic mass is 79.9. The number of thiophene rings is 1. The predicted octanol–water partition coefficient (Wildman–Crippen LogP) is 5.20. The van der Waals surface area contributed by atoms with Crippen LogP contribution in [0.5, 0.6) is 0 Å². The second kappa shape index (κ2) is 6.39. The Balaban J connectivity index is 2.12. The molecule has 1 heterocycles. The average molecular weight is 424 g/mol. The van der Waals surface area contributed by atoms with Gasteiger partial charge in [-0.3, -0.25) is 4.79 Å². The first-order valence-corrected chi connectivity index (χ1v) is 8.25. The number of benzene rings is 1. The first kappa shape index (κ1) is 15.0. The minimum atomic E-state index is -0.0447. The van der Waals surface area contributed by atoms with E-state index in [9.17, 15) is 4.79 Å². The van der Waals surface area contributed by atoms with Crippen LogP contribution in [0.25, 0.3) is 0 Å². The fourth-order valence-electron chi connectivity index (χ4n) is 1.62. The van der Waals surface area contributed by atoms with Gasteiger partial charge in [-0.15, -0.1) is 11.3 Å². The second-order valence-corrected chi connectivity index (χ2v) is 7.60. The fourth-order valence-corrected chi connectivity index (χ4v) is 3.25. The first-order valence-electron chi connectivity index (χ1n) is 5.41. The number of carbonyl (C=O) groups excluding carboxylic acids is 1. The molecule has 1 aromatic heterocycles. The quantitative estimate of drug-likeness (QED) is 0.665. The zero-order valence-electron chi connectivity index (χ0n) is 9.99. The summed E-state index contributed by atoms with van der Waals surface area (Å²) >= 11 is 14.3. The summed E-state index contributed by atoms with van der Waals surface area (Å²) in [4.78, 5) is 13.9. The molecule has 0 atom stereocenters. The molecule has 6 heteroatoms. The molecular formula is C13H10Br2ClNOS. The van der Waals surface area contributed by atoms with E-state index in [4.69, 9.17) is 11.6 Å². The van der Waals surface area contributed by atoms with Crippen LogP contribution in [0.15, 0.2) is 37.9 Å². The maximum absolute atomic E-state index is 12.3. The summed E-state index contributed by atoms with van der Waals surface area (Å²) in [5, 5.41) is 2.57. The van der Waals surface area contributed by atoms with Gasteiger partial charge in [-0.2, -0.15) is 0 Å². The van der Waals surface area contributed by atoms with Gasteiger partial charge in [-0.25, -0.2) is 0 Å². The van der Waals surface area contributed by atoms with Crippen molar-refractivity contribution >= 4 is 60.7 Å². The highest BCUT2D eigenvalue weighted by Crippen LogP contribution is 2.25. The Morgan fingerprint density at radius 3 is 2.68 bits per heavy atom. The fraction of sp³-hybridized carbons (Fsp3) is 0.154. The number of amides is 1. The van der Waals surface area contributed by atoms with Gasteiger partial charge < -0.3 is 4.90 Å². The number of carbonyl (C=O) groups is 1. The van der Waals surface area contributed by atoms with E-state index in [2.05, 4.69) is 31.9 Å². The van der Waals surface area contributed by atoms with Gasteiger partial charge in [0.25, 0.3) is 5.91 Å². The topological polar surface area (TPSA) is 20.3 Å². The van der Waals surface area contributed by atoms with Crippen molar-refractivity contribution in [3.8, 4) is 0 Å². The van der Waals surface area contributed by atoms with Crippen LogP contribution < -0.4 is 0 Å². The molecule has 1 amide bonds. The SMILES string of the molecule is CN(Cc1csc(Br)c1)C(=O)c1ccc(Br)c(Cl)c1. The summed E-state index contributed by atoms with van der Waals surface area (Å²) in [7, 11) is 1.78. The van der Waals surface area contributed by atoms with Gasteiger partial charge >= 0.3 is 0 Å². The van der Waals surface area contributed by atoms with Crippen molar-refractivity contribution in [2.24, 2.45) is 0 Å². The van der Waals surface area contributed by atoms with E-state index in [1.54, 1.807) is 41.5 Å². The maximum atomic E-state index is 12.3. The molecular weight excluding hydrogens is 413 g/mol. The molecule has 0 bridgehead atoms. The Labute approximate surface area is 137 Å². The van der Waals surface area contributed by atoms with E-state index in [0.717, 1.165) is 13.8 Å². The van der Waals surface area contributed by atoms with E-state index < -0.39 is 0 Å². The normalized spacial score (nSPS) is 10.5. The molecule has 0 saturated carbocycles. The molecule has 1 aromatic carbocycles. The molecule has 0 aliphatic heterocycles. The monoisotopic (exact) mass is 421 g/mol. The molecule has 2 aromatic rings. The highest BCUT2D eigenvalue weighted by molar-refractivity contribution is 9.11. The number of rotatable bonds is 3. The van der Waals surface area contributed by atoms with Gasteiger partial charge in [0.05, 0.1) is 8.81 Å². The van der Waals surface area contributed by atoms with Crippen molar-refractivity contribution in [3.05, 3.63) is 54.1 Å². The van der Waals surface area contributed by atoms with Crippen molar-refractivity contribution in [1.82, 2.24) is 4.90 Å². The molecule has 0 spiro atoms. The number of hydrogen-bond acceptors (Lipinski definition) is 2. The molecule has 0 aliphatic carbocycles. The van der Waals surface area contributed by atoms with Gasteiger partial charge in [0.2, 0.25) is 0 Å². The summed E-state index contributed by atoms with van der Waals surface area (Å²) < 4.78 is 1.85. The Morgan fingerprint density at radius 2 is 2.11 bits per heavy atom. The van der Waals surface area contributed by atoms with E-state index in [-0.39, 0.29) is 5.91 Å². The van der Waals surface area contributed by atoms with Gasteiger partial charge in [0, 0.05) is 23.6 Å². The molecule has 0 aliphatic rings. The number of hydrogen-bond donors (Lipinski definition) is 0. The van der Waals surface area contributed by atoms with E-state index in [1.807, 2.05) is 11.4 Å². The molecule has 0 N–H and O–H groups in total.